The van der Waals surface area contributed by atoms with Crippen molar-refractivity contribution in [3.05, 3.63) is 28.0 Å². The SMILES string of the molecule is CN(c1ccc(CN)c(Br)c1F)C1CCS(=O)(=O)C1. The van der Waals surface area contributed by atoms with Crippen LogP contribution in [0.4, 0.5) is 10.1 Å². The van der Waals surface area contributed by atoms with E-state index in [2.05, 4.69) is 15.9 Å². The van der Waals surface area contributed by atoms with Gasteiger partial charge < -0.3 is 10.6 Å². The molecule has 0 amide bonds. The first-order chi connectivity index (χ1) is 8.85. The molecule has 1 aromatic carbocycles. The summed E-state index contributed by atoms with van der Waals surface area (Å²) in [5.74, 6) is -0.139. The number of rotatable bonds is 3. The summed E-state index contributed by atoms with van der Waals surface area (Å²) in [5.41, 5.74) is 6.60. The molecule has 106 valence electrons. The van der Waals surface area contributed by atoms with Gasteiger partial charge in [-0.15, -0.1) is 0 Å². The zero-order valence-electron chi connectivity index (χ0n) is 10.6. The Morgan fingerprint density at radius 2 is 2.21 bits per heavy atom. The van der Waals surface area contributed by atoms with Crippen LogP contribution in [0.2, 0.25) is 0 Å². The zero-order chi connectivity index (χ0) is 14.2. The van der Waals surface area contributed by atoms with E-state index in [9.17, 15) is 12.8 Å². The van der Waals surface area contributed by atoms with Crippen molar-refractivity contribution >= 4 is 31.5 Å². The minimum absolute atomic E-state index is 0.0825. The molecule has 19 heavy (non-hydrogen) atoms. The highest BCUT2D eigenvalue weighted by molar-refractivity contribution is 9.10. The van der Waals surface area contributed by atoms with Gasteiger partial charge in [0.2, 0.25) is 0 Å². The molecule has 2 rings (SSSR count). The maximum atomic E-state index is 14.3. The molecule has 7 heteroatoms. The third kappa shape index (κ3) is 2.93. The largest absolute Gasteiger partial charge is 0.368 e. The molecule has 0 spiro atoms. The van der Waals surface area contributed by atoms with Crippen molar-refractivity contribution in [2.24, 2.45) is 5.73 Å². The molecule has 1 aliphatic rings. The molecular weight excluding hydrogens is 335 g/mol. The van der Waals surface area contributed by atoms with Crippen LogP contribution in [0.1, 0.15) is 12.0 Å². The number of hydrogen-bond donors (Lipinski definition) is 1. The monoisotopic (exact) mass is 350 g/mol. The van der Waals surface area contributed by atoms with Crippen molar-refractivity contribution < 1.29 is 12.8 Å². The second-order valence-corrected chi connectivity index (χ2v) is 7.77. The molecule has 0 bridgehead atoms. The molecule has 0 aromatic heterocycles. The van der Waals surface area contributed by atoms with E-state index >= 15 is 0 Å². The van der Waals surface area contributed by atoms with Gasteiger partial charge in [0.1, 0.15) is 0 Å². The van der Waals surface area contributed by atoms with Crippen molar-refractivity contribution in [3.8, 4) is 0 Å². The normalized spacial score (nSPS) is 21.6. The predicted octanol–water partition coefficient (Wildman–Crippen LogP) is 1.67. The Balaban J connectivity index is 2.30. The highest BCUT2D eigenvalue weighted by Gasteiger charge is 2.32. The molecule has 1 aromatic rings. The zero-order valence-corrected chi connectivity index (χ0v) is 13.0. The first-order valence-corrected chi connectivity index (χ1v) is 8.57. The summed E-state index contributed by atoms with van der Waals surface area (Å²) in [6, 6.07) is 3.23. The summed E-state index contributed by atoms with van der Waals surface area (Å²) >= 11 is 3.19. The Morgan fingerprint density at radius 1 is 1.53 bits per heavy atom. The Bertz CT molecular complexity index is 592. The van der Waals surface area contributed by atoms with Crippen LogP contribution in [0, 0.1) is 5.82 Å². The van der Waals surface area contributed by atoms with Crippen LogP contribution in [0.5, 0.6) is 0 Å². The number of nitrogens with two attached hydrogens (primary N) is 1. The summed E-state index contributed by atoms with van der Waals surface area (Å²) < 4.78 is 37.6. The van der Waals surface area contributed by atoms with E-state index in [0.717, 1.165) is 0 Å². The van der Waals surface area contributed by atoms with E-state index in [1.54, 1.807) is 24.1 Å². The number of hydrogen-bond acceptors (Lipinski definition) is 4. The van der Waals surface area contributed by atoms with Crippen LogP contribution < -0.4 is 10.6 Å². The number of nitrogens with zero attached hydrogens (tertiary/aromatic N) is 1. The van der Waals surface area contributed by atoms with Gasteiger partial charge in [-0.3, -0.25) is 0 Å². The van der Waals surface area contributed by atoms with E-state index in [1.807, 2.05) is 0 Å². The second-order valence-electron chi connectivity index (χ2n) is 4.74. The fourth-order valence-corrected chi connectivity index (χ4v) is 4.56. The average Bonchev–Trinajstić information content (AvgIpc) is 2.72. The summed E-state index contributed by atoms with van der Waals surface area (Å²) in [7, 11) is -1.26. The number of benzene rings is 1. The Labute approximate surface area is 120 Å². The summed E-state index contributed by atoms with van der Waals surface area (Å²) in [5, 5.41) is 0. The van der Waals surface area contributed by atoms with Gasteiger partial charge in [-0.05, 0) is 34.0 Å². The topological polar surface area (TPSA) is 63.4 Å². The van der Waals surface area contributed by atoms with Gasteiger partial charge in [-0.1, -0.05) is 6.07 Å². The highest BCUT2D eigenvalue weighted by atomic mass is 79.9. The molecule has 1 fully saturated rings. The quantitative estimate of drug-likeness (QED) is 0.900. The molecule has 2 N–H and O–H groups in total. The standard InChI is InChI=1S/C12H16BrFN2O2S/c1-16(9-4-5-19(17,18)7-9)10-3-2-8(6-15)11(13)12(10)14/h2-3,9H,4-7,15H2,1H3. The van der Waals surface area contributed by atoms with Crippen molar-refractivity contribution in [2.45, 2.75) is 19.0 Å². The molecule has 0 saturated carbocycles. The van der Waals surface area contributed by atoms with Crippen LogP contribution >= 0.6 is 15.9 Å². The molecule has 1 heterocycles. The first-order valence-electron chi connectivity index (χ1n) is 5.96. The smallest absolute Gasteiger partial charge is 0.160 e. The predicted molar refractivity (Wildman–Crippen MR) is 77.5 cm³/mol. The lowest BCUT2D eigenvalue weighted by Crippen LogP contribution is -2.33. The van der Waals surface area contributed by atoms with E-state index in [1.165, 1.54) is 0 Å². The Morgan fingerprint density at radius 3 is 2.74 bits per heavy atom. The molecule has 1 unspecified atom stereocenters. The van der Waals surface area contributed by atoms with E-state index in [0.29, 0.717) is 22.1 Å². The van der Waals surface area contributed by atoms with Gasteiger partial charge in [0.25, 0.3) is 0 Å². The van der Waals surface area contributed by atoms with Crippen molar-refractivity contribution in [1.29, 1.82) is 0 Å². The van der Waals surface area contributed by atoms with Gasteiger partial charge in [-0.2, -0.15) is 0 Å². The fraction of sp³-hybridized carbons (Fsp3) is 0.500. The molecular formula is C12H16BrFN2O2S. The maximum absolute atomic E-state index is 14.3. The fourth-order valence-electron chi connectivity index (χ4n) is 2.29. The van der Waals surface area contributed by atoms with Crippen LogP contribution in [0.15, 0.2) is 16.6 Å². The lowest BCUT2D eigenvalue weighted by Gasteiger charge is -2.26. The van der Waals surface area contributed by atoms with Gasteiger partial charge in [-0.25, -0.2) is 12.8 Å². The van der Waals surface area contributed by atoms with Gasteiger partial charge in [0.05, 0.1) is 21.7 Å². The molecule has 1 atom stereocenters. The highest BCUT2D eigenvalue weighted by Crippen LogP contribution is 2.31. The molecule has 0 aliphatic carbocycles. The maximum Gasteiger partial charge on any atom is 0.160 e. The van der Waals surface area contributed by atoms with Crippen LogP contribution in [0.3, 0.4) is 0 Å². The van der Waals surface area contributed by atoms with Gasteiger partial charge in [0.15, 0.2) is 15.7 Å². The lowest BCUT2D eigenvalue weighted by atomic mass is 10.1. The average molecular weight is 351 g/mol. The molecule has 0 radical (unpaired) electrons. The number of sulfone groups is 1. The summed E-state index contributed by atoms with van der Waals surface area (Å²) in [4.78, 5) is 1.70. The first kappa shape index (κ1) is 14.7. The number of anilines is 1. The van der Waals surface area contributed by atoms with E-state index < -0.39 is 15.7 Å². The second kappa shape index (κ2) is 5.38. The van der Waals surface area contributed by atoms with Crippen LogP contribution in [0.25, 0.3) is 0 Å². The third-order valence-corrected chi connectivity index (χ3v) is 6.11. The number of halogens is 2. The van der Waals surface area contributed by atoms with Crippen LogP contribution in [-0.2, 0) is 16.4 Å². The van der Waals surface area contributed by atoms with Gasteiger partial charge >= 0.3 is 0 Å². The van der Waals surface area contributed by atoms with Crippen LogP contribution in [-0.4, -0.2) is 33.0 Å². The van der Waals surface area contributed by atoms with Crippen molar-refractivity contribution in [3.63, 3.8) is 0 Å². The van der Waals surface area contributed by atoms with E-state index in [4.69, 9.17) is 5.73 Å². The molecule has 1 saturated heterocycles. The molecule has 1 aliphatic heterocycles. The molecule has 4 nitrogen and oxygen atoms in total. The summed E-state index contributed by atoms with van der Waals surface area (Å²) in [6.45, 7) is 0.249. The van der Waals surface area contributed by atoms with E-state index in [-0.39, 0.29) is 24.1 Å². The van der Waals surface area contributed by atoms with Gasteiger partial charge in [0, 0.05) is 19.6 Å². The minimum atomic E-state index is -2.98. The van der Waals surface area contributed by atoms with Crippen molar-refractivity contribution in [1.82, 2.24) is 0 Å². The third-order valence-electron chi connectivity index (χ3n) is 3.50. The Hall–Kier alpha value is -0.660. The minimum Gasteiger partial charge on any atom is -0.368 e. The lowest BCUT2D eigenvalue weighted by molar-refractivity contribution is 0.593. The van der Waals surface area contributed by atoms with Crippen molar-refractivity contribution in [2.75, 3.05) is 23.5 Å². The summed E-state index contributed by atoms with van der Waals surface area (Å²) in [6.07, 6.45) is 0.536. The Kier molecular flexibility index (Phi) is 4.17.